The van der Waals surface area contributed by atoms with E-state index in [1.807, 2.05) is 13.8 Å². The van der Waals surface area contributed by atoms with Gasteiger partial charge in [0.05, 0.1) is 11.6 Å². The molecule has 0 aliphatic carbocycles. The number of oxazole rings is 1. The van der Waals surface area contributed by atoms with E-state index >= 15 is 0 Å². The van der Waals surface area contributed by atoms with Crippen molar-refractivity contribution in [2.45, 2.75) is 33.7 Å². The van der Waals surface area contributed by atoms with E-state index in [-0.39, 0.29) is 17.8 Å². The molecule has 1 unspecified atom stereocenters. The fraction of sp³-hybridized carbons (Fsp3) is 0.636. The third-order valence-corrected chi connectivity index (χ3v) is 2.97. The van der Waals surface area contributed by atoms with Gasteiger partial charge in [-0.25, -0.2) is 4.98 Å². The van der Waals surface area contributed by atoms with Crippen LogP contribution in [-0.4, -0.2) is 16.8 Å². The SMILES string of the molecule is Cc1cnc(C(C)NC(=O)C(C)(C)CCl)o1. The number of carbonyl (C=O) groups is 1. The first kappa shape index (κ1) is 13.0. The van der Waals surface area contributed by atoms with Crippen LogP contribution < -0.4 is 5.32 Å². The molecule has 1 rings (SSSR count). The molecule has 0 spiro atoms. The molecule has 0 saturated heterocycles. The first-order valence-electron chi connectivity index (χ1n) is 5.16. The van der Waals surface area contributed by atoms with E-state index < -0.39 is 5.41 Å². The number of aryl methyl sites for hydroxylation is 1. The number of alkyl halides is 1. The van der Waals surface area contributed by atoms with Gasteiger partial charge in [-0.05, 0) is 27.7 Å². The van der Waals surface area contributed by atoms with Gasteiger partial charge in [0.1, 0.15) is 11.8 Å². The zero-order chi connectivity index (χ0) is 12.3. The lowest BCUT2D eigenvalue weighted by Gasteiger charge is -2.22. The first-order valence-corrected chi connectivity index (χ1v) is 5.69. The Hall–Kier alpha value is -1.03. The van der Waals surface area contributed by atoms with Crippen LogP contribution in [0.2, 0.25) is 0 Å². The standard InChI is InChI=1S/C11H17ClN2O2/c1-7-5-13-9(16-7)8(2)14-10(15)11(3,4)6-12/h5,8H,6H2,1-4H3,(H,14,15). The number of carbonyl (C=O) groups excluding carboxylic acids is 1. The molecular weight excluding hydrogens is 228 g/mol. The van der Waals surface area contributed by atoms with Gasteiger partial charge in [0.25, 0.3) is 0 Å². The molecule has 1 amide bonds. The van der Waals surface area contributed by atoms with Gasteiger partial charge in [0.2, 0.25) is 11.8 Å². The number of nitrogens with zero attached hydrogens (tertiary/aromatic N) is 1. The molecule has 0 aliphatic rings. The Bertz CT molecular complexity index is 374. The number of rotatable bonds is 4. The Morgan fingerprint density at radius 1 is 1.69 bits per heavy atom. The highest BCUT2D eigenvalue weighted by Gasteiger charge is 2.28. The van der Waals surface area contributed by atoms with E-state index in [4.69, 9.17) is 16.0 Å². The predicted octanol–water partition coefficient (Wildman–Crippen LogP) is 2.43. The van der Waals surface area contributed by atoms with E-state index in [9.17, 15) is 4.79 Å². The molecular formula is C11H17ClN2O2. The molecule has 1 aromatic rings. The minimum atomic E-state index is -0.586. The molecule has 0 aliphatic heterocycles. The van der Waals surface area contributed by atoms with Crippen LogP contribution in [0.1, 0.15) is 38.5 Å². The van der Waals surface area contributed by atoms with Crippen molar-refractivity contribution in [3.63, 3.8) is 0 Å². The lowest BCUT2D eigenvalue weighted by molar-refractivity contribution is -0.129. The van der Waals surface area contributed by atoms with Crippen LogP contribution in [0.15, 0.2) is 10.6 Å². The molecule has 1 atom stereocenters. The van der Waals surface area contributed by atoms with Crippen LogP contribution in [0.3, 0.4) is 0 Å². The van der Waals surface area contributed by atoms with Crippen LogP contribution in [0.25, 0.3) is 0 Å². The van der Waals surface area contributed by atoms with Gasteiger partial charge in [-0.2, -0.15) is 0 Å². The molecule has 0 saturated carbocycles. The summed E-state index contributed by atoms with van der Waals surface area (Å²) in [5.74, 6) is 1.41. The Morgan fingerprint density at radius 3 is 2.75 bits per heavy atom. The number of halogens is 1. The van der Waals surface area contributed by atoms with E-state index in [0.29, 0.717) is 5.89 Å². The molecule has 0 bridgehead atoms. The highest BCUT2D eigenvalue weighted by Crippen LogP contribution is 2.20. The van der Waals surface area contributed by atoms with E-state index in [2.05, 4.69) is 10.3 Å². The van der Waals surface area contributed by atoms with Gasteiger partial charge < -0.3 is 9.73 Å². The van der Waals surface area contributed by atoms with Gasteiger partial charge in [-0.3, -0.25) is 4.79 Å². The normalized spacial score (nSPS) is 13.6. The summed E-state index contributed by atoms with van der Waals surface area (Å²) in [6.07, 6.45) is 1.63. The van der Waals surface area contributed by atoms with Crippen molar-refractivity contribution >= 4 is 17.5 Å². The van der Waals surface area contributed by atoms with Gasteiger partial charge in [-0.1, -0.05) is 0 Å². The fourth-order valence-electron chi connectivity index (χ4n) is 1.09. The molecule has 0 aromatic carbocycles. The molecule has 5 heteroatoms. The van der Waals surface area contributed by atoms with Gasteiger partial charge in [0.15, 0.2) is 0 Å². The van der Waals surface area contributed by atoms with Crippen LogP contribution in [0.5, 0.6) is 0 Å². The summed E-state index contributed by atoms with van der Waals surface area (Å²) in [6, 6.07) is -0.247. The second-order valence-corrected chi connectivity index (χ2v) is 4.79. The number of amides is 1. The minimum absolute atomic E-state index is 0.106. The van der Waals surface area contributed by atoms with Crippen LogP contribution in [0, 0.1) is 12.3 Å². The van der Waals surface area contributed by atoms with Crippen molar-refractivity contribution < 1.29 is 9.21 Å². The molecule has 4 nitrogen and oxygen atoms in total. The summed E-state index contributed by atoms with van der Waals surface area (Å²) in [6.45, 7) is 7.23. The van der Waals surface area contributed by atoms with E-state index in [0.717, 1.165) is 5.76 Å². The minimum Gasteiger partial charge on any atom is -0.444 e. The van der Waals surface area contributed by atoms with Crippen molar-refractivity contribution in [2.24, 2.45) is 5.41 Å². The summed E-state index contributed by atoms with van der Waals surface area (Å²) in [4.78, 5) is 15.9. The zero-order valence-corrected chi connectivity index (χ0v) is 10.8. The van der Waals surface area contributed by atoms with E-state index in [1.54, 1.807) is 20.0 Å². The Balaban J connectivity index is 2.65. The highest BCUT2D eigenvalue weighted by atomic mass is 35.5. The van der Waals surface area contributed by atoms with Crippen molar-refractivity contribution in [3.05, 3.63) is 17.8 Å². The Morgan fingerprint density at radius 2 is 2.31 bits per heavy atom. The topological polar surface area (TPSA) is 55.1 Å². The third kappa shape index (κ3) is 2.98. The monoisotopic (exact) mass is 244 g/mol. The predicted molar refractivity (Wildman–Crippen MR) is 62.3 cm³/mol. The summed E-state index contributed by atoms with van der Waals surface area (Å²) in [7, 11) is 0. The van der Waals surface area contributed by atoms with Crippen molar-refractivity contribution in [1.82, 2.24) is 10.3 Å². The Kier molecular flexibility index (Phi) is 3.97. The lowest BCUT2D eigenvalue weighted by Crippen LogP contribution is -2.39. The van der Waals surface area contributed by atoms with Gasteiger partial charge in [0, 0.05) is 5.88 Å². The summed E-state index contributed by atoms with van der Waals surface area (Å²) < 4.78 is 5.33. The second-order valence-electron chi connectivity index (χ2n) is 4.52. The molecule has 16 heavy (non-hydrogen) atoms. The fourth-order valence-corrected chi connectivity index (χ4v) is 1.21. The first-order chi connectivity index (χ1) is 7.36. The molecule has 1 N–H and O–H groups in total. The number of hydrogen-bond donors (Lipinski definition) is 1. The van der Waals surface area contributed by atoms with Crippen LogP contribution in [-0.2, 0) is 4.79 Å². The summed E-state index contributed by atoms with van der Waals surface area (Å²) in [5.41, 5.74) is -0.586. The van der Waals surface area contributed by atoms with Crippen LogP contribution >= 0.6 is 11.6 Å². The quantitative estimate of drug-likeness (QED) is 0.828. The molecule has 1 heterocycles. The van der Waals surface area contributed by atoms with E-state index in [1.165, 1.54) is 0 Å². The average molecular weight is 245 g/mol. The Labute approximate surface area is 100 Å². The number of hydrogen-bond acceptors (Lipinski definition) is 3. The summed E-state index contributed by atoms with van der Waals surface area (Å²) >= 11 is 5.72. The van der Waals surface area contributed by atoms with Crippen molar-refractivity contribution in [1.29, 1.82) is 0 Å². The lowest BCUT2D eigenvalue weighted by atomic mass is 9.95. The third-order valence-electron chi connectivity index (χ3n) is 2.31. The maximum absolute atomic E-state index is 11.8. The zero-order valence-electron chi connectivity index (χ0n) is 10.0. The summed E-state index contributed by atoms with van der Waals surface area (Å²) in [5, 5.41) is 2.82. The highest BCUT2D eigenvalue weighted by molar-refractivity contribution is 6.19. The number of nitrogens with one attached hydrogen (secondary N) is 1. The molecule has 90 valence electrons. The molecule has 0 radical (unpaired) electrons. The molecule has 0 fully saturated rings. The van der Waals surface area contributed by atoms with Crippen LogP contribution in [0.4, 0.5) is 0 Å². The smallest absolute Gasteiger partial charge is 0.227 e. The van der Waals surface area contributed by atoms with Crippen molar-refractivity contribution in [2.75, 3.05) is 5.88 Å². The number of aromatic nitrogens is 1. The second kappa shape index (κ2) is 4.87. The van der Waals surface area contributed by atoms with Gasteiger partial charge >= 0.3 is 0 Å². The van der Waals surface area contributed by atoms with Gasteiger partial charge in [-0.15, -0.1) is 11.6 Å². The molecule has 1 aromatic heterocycles. The largest absolute Gasteiger partial charge is 0.444 e. The average Bonchev–Trinajstić information content (AvgIpc) is 2.64. The maximum atomic E-state index is 11.8. The maximum Gasteiger partial charge on any atom is 0.227 e. The van der Waals surface area contributed by atoms with Crippen molar-refractivity contribution in [3.8, 4) is 0 Å².